The standard InChI is InChI=1S/C16H27NO/c1-6-16(7-2,11-17)14-10-13(12(3)4)8-9-15(14)18-5/h8-10,12H,6-7,11,17H2,1-5H3. The highest BCUT2D eigenvalue weighted by molar-refractivity contribution is 5.43. The fraction of sp³-hybridized carbons (Fsp3) is 0.625. The minimum absolute atomic E-state index is 0.0379. The molecule has 0 aliphatic carbocycles. The van der Waals surface area contributed by atoms with Crippen LogP contribution in [0, 0.1) is 0 Å². The summed E-state index contributed by atoms with van der Waals surface area (Å²) in [4.78, 5) is 0. The van der Waals surface area contributed by atoms with Gasteiger partial charge in [-0.15, -0.1) is 0 Å². The van der Waals surface area contributed by atoms with Crippen molar-refractivity contribution in [3.8, 4) is 5.75 Å². The topological polar surface area (TPSA) is 35.2 Å². The number of methoxy groups -OCH3 is 1. The molecule has 102 valence electrons. The Kier molecular flexibility index (Phi) is 5.21. The first-order valence-corrected chi connectivity index (χ1v) is 6.93. The third-order valence-corrected chi connectivity index (χ3v) is 4.21. The van der Waals surface area contributed by atoms with Crippen molar-refractivity contribution in [3.05, 3.63) is 29.3 Å². The average Bonchev–Trinajstić information content (AvgIpc) is 2.41. The van der Waals surface area contributed by atoms with Gasteiger partial charge in [0.2, 0.25) is 0 Å². The second-order valence-corrected chi connectivity index (χ2v) is 5.31. The average molecular weight is 249 g/mol. The predicted molar refractivity (Wildman–Crippen MR) is 78.4 cm³/mol. The van der Waals surface area contributed by atoms with Crippen LogP contribution in [0.3, 0.4) is 0 Å². The van der Waals surface area contributed by atoms with Crippen LogP contribution in [0.15, 0.2) is 18.2 Å². The van der Waals surface area contributed by atoms with Gasteiger partial charge >= 0.3 is 0 Å². The highest BCUT2D eigenvalue weighted by atomic mass is 16.5. The molecule has 1 aromatic carbocycles. The van der Waals surface area contributed by atoms with E-state index in [1.165, 1.54) is 11.1 Å². The molecule has 2 heteroatoms. The Morgan fingerprint density at radius 2 is 1.83 bits per heavy atom. The van der Waals surface area contributed by atoms with Gasteiger partial charge < -0.3 is 10.5 Å². The van der Waals surface area contributed by atoms with Gasteiger partial charge in [0, 0.05) is 17.5 Å². The lowest BCUT2D eigenvalue weighted by molar-refractivity contribution is 0.360. The third-order valence-electron chi connectivity index (χ3n) is 4.21. The number of nitrogens with two attached hydrogens (primary N) is 1. The van der Waals surface area contributed by atoms with Gasteiger partial charge in [-0.2, -0.15) is 0 Å². The predicted octanol–water partition coefficient (Wildman–Crippen LogP) is 3.84. The molecule has 0 atom stereocenters. The second-order valence-electron chi connectivity index (χ2n) is 5.31. The van der Waals surface area contributed by atoms with Crippen molar-refractivity contribution in [2.75, 3.05) is 13.7 Å². The Hall–Kier alpha value is -1.02. The van der Waals surface area contributed by atoms with Crippen molar-refractivity contribution in [2.24, 2.45) is 5.73 Å². The zero-order valence-electron chi connectivity index (χ0n) is 12.4. The van der Waals surface area contributed by atoms with Crippen molar-refractivity contribution in [2.45, 2.75) is 51.9 Å². The zero-order valence-corrected chi connectivity index (χ0v) is 12.4. The van der Waals surface area contributed by atoms with Crippen LogP contribution in [0.1, 0.15) is 57.6 Å². The van der Waals surface area contributed by atoms with Crippen LogP contribution in [-0.4, -0.2) is 13.7 Å². The lowest BCUT2D eigenvalue weighted by Crippen LogP contribution is -2.34. The summed E-state index contributed by atoms with van der Waals surface area (Å²) in [5.41, 5.74) is 8.71. The summed E-state index contributed by atoms with van der Waals surface area (Å²) in [5.74, 6) is 1.49. The Labute approximate surface area is 112 Å². The molecule has 0 aliphatic heterocycles. The Morgan fingerprint density at radius 1 is 1.22 bits per heavy atom. The monoisotopic (exact) mass is 249 g/mol. The molecule has 0 heterocycles. The maximum Gasteiger partial charge on any atom is 0.122 e. The van der Waals surface area contributed by atoms with Gasteiger partial charge in [0.1, 0.15) is 5.75 Å². The first-order valence-electron chi connectivity index (χ1n) is 6.93. The number of rotatable bonds is 6. The number of benzene rings is 1. The fourth-order valence-corrected chi connectivity index (χ4v) is 2.53. The Bertz CT molecular complexity index is 372. The van der Waals surface area contributed by atoms with E-state index < -0.39 is 0 Å². The molecule has 0 saturated carbocycles. The molecule has 0 fully saturated rings. The van der Waals surface area contributed by atoms with E-state index in [-0.39, 0.29) is 5.41 Å². The molecule has 0 aliphatic rings. The van der Waals surface area contributed by atoms with Crippen molar-refractivity contribution in [1.29, 1.82) is 0 Å². The summed E-state index contributed by atoms with van der Waals surface area (Å²) in [6.45, 7) is 9.51. The summed E-state index contributed by atoms with van der Waals surface area (Å²) in [6.07, 6.45) is 2.08. The molecule has 0 unspecified atom stereocenters. The molecule has 0 radical (unpaired) electrons. The Balaban J connectivity index is 3.38. The molecule has 1 aromatic rings. The Morgan fingerprint density at radius 3 is 2.22 bits per heavy atom. The summed E-state index contributed by atoms with van der Waals surface area (Å²) >= 11 is 0. The van der Waals surface area contributed by atoms with E-state index in [9.17, 15) is 0 Å². The number of hydrogen-bond donors (Lipinski definition) is 1. The van der Waals surface area contributed by atoms with E-state index in [0.717, 1.165) is 18.6 Å². The van der Waals surface area contributed by atoms with Gasteiger partial charge in [-0.25, -0.2) is 0 Å². The van der Waals surface area contributed by atoms with Gasteiger partial charge in [-0.05, 0) is 30.4 Å². The van der Waals surface area contributed by atoms with Gasteiger partial charge in [-0.1, -0.05) is 39.8 Å². The summed E-state index contributed by atoms with van der Waals surface area (Å²) in [6, 6.07) is 6.52. The molecule has 1 rings (SSSR count). The maximum absolute atomic E-state index is 6.06. The van der Waals surface area contributed by atoms with Gasteiger partial charge in [0.15, 0.2) is 0 Å². The SMILES string of the molecule is CCC(CC)(CN)c1cc(C(C)C)ccc1OC. The molecule has 18 heavy (non-hydrogen) atoms. The third kappa shape index (κ3) is 2.69. The molecule has 0 spiro atoms. The molecule has 0 aromatic heterocycles. The van der Waals surface area contributed by atoms with E-state index in [0.29, 0.717) is 12.5 Å². The first-order chi connectivity index (χ1) is 8.54. The fourth-order valence-electron chi connectivity index (χ4n) is 2.53. The second kappa shape index (κ2) is 6.24. The molecular weight excluding hydrogens is 222 g/mol. The highest BCUT2D eigenvalue weighted by Crippen LogP contribution is 2.38. The zero-order chi connectivity index (χ0) is 13.8. The summed E-state index contributed by atoms with van der Waals surface area (Å²) < 4.78 is 5.54. The van der Waals surface area contributed by atoms with E-state index in [1.54, 1.807) is 7.11 Å². The molecule has 0 amide bonds. The van der Waals surface area contributed by atoms with E-state index in [2.05, 4.69) is 45.9 Å². The molecule has 0 saturated heterocycles. The smallest absolute Gasteiger partial charge is 0.122 e. The lowest BCUT2D eigenvalue weighted by Gasteiger charge is -2.33. The number of hydrogen-bond acceptors (Lipinski definition) is 2. The lowest BCUT2D eigenvalue weighted by atomic mass is 9.74. The van der Waals surface area contributed by atoms with Crippen LogP contribution in [0.4, 0.5) is 0 Å². The van der Waals surface area contributed by atoms with Crippen LogP contribution in [0.25, 0.3) is 0 Å². The minimum atomic E-state index is 0.0379. The van der Waals surface area contributed by atoms with Crippen molar-refractivity contribution < 1.29 is 4.74 Å². The summed E-state index contributed by atoms with van der Waals surface area (Å²) in [5, 5.41) is 0. The largest absolute Gasteiger partial charge is 0.496 e. The molecule has 2 nitrogen and oxygen atoms in total. The summed E-state index contributed by atoms with van der Waals surface area (Å²) in [7, 11) is 1.74. The molecule has 2 N–H and O–H groups in total. The van der Waals surface area contributed by atoms with Crippen LogP contribution in [-0.2, 0) is 5.41 Å². The van der Waals surface area contributed by atoms with Crippen molar-refractivity contribution in [3.63, 3.8) is 0 Å². The van der Waals surface area contributed by atoms with Crippen molar-refractivity contribution >= 4 is 0 Å². The van der Waals surface area contributed by atoms with Crippen LogP contribution in [0.2, 0.25) is 0 Å². The van der Waals surface area contributed by atoms with Crippen LogP contribution < -0.4 is 10.5 Å². The first kappa shape index (κ1) is 15.0. The van der Waals surface area contributed by atoms with Gasteiger partial charge in [0.05, 0.1) is 7.11 Å². The quantitative estimate of drug-likeness (QED) is 0.831. The van der Waals surface area contributed by atoms with Crippen molar-refractivity contribution in [1.82, 2.24) is 0 Å². The number of ether oxygens (including phenoxy) is 1. The van der Waals surface area contributed by atoms with E-state index in [4.69, 9.17) is 10.5 Å². The van der Waals surface area contributed by atoms with E-state index in [1.807, 2.05) is 0 Å². The highest BCUT2D eigenvalue weighted by Gasteiger charge is 2.30. The molecular formula is C16H27NO. The van der Waals surface area contributed by atoms with Gasteiger partial charge in [0.25, 0.3) is 0 Å². The van der Waals surface area contributed by atoms with E-state index >= 15 is 0 Å². The van der Waals surface area contributed by atoms with Crippen LogP contribution >= 0.6 is 0 Å². The maximum atomic E-state index is 6.06. The van der Waals surface area contributed by atoms with Crippen LogP contribution in [0.5, 0.6) is 5.75 Å². The minimum Gasteiger partial charge on any atom is -0.496 e. The van der Waals surface area contributed by atoms with Gasteiger partial charge in [-0.3, -0.25) is 0 Å². The normalized spacial score (nSPS) is 11.9. The molecule has 0 bridgehead atoms.